The molecule has 2 atom stereocenters. The van der Waals surface area contributed by atoms with Crippen LogP contribution >= 0.6 is 0 Å². The number of sulfone groups is 1. The van der Waals surface area contributed by atoms with E-state index in [1.807, 2.05) is 0 Å². The molecule has 0 saturated carbocycles. The Balaban J connectivity index is 4.38. The Bertz CT molecular complexity index is 185. The van der Waals surface area contributed by atoms with Crippen LogP contribution in [0.1, 0.15) is 6.92 Å². The Morgan fingerprint density at radius 3 is 2.00 bits per heavy atom. The van der Waals surface area contributed by atoms with Crippen molar-refractivity contribution in [1.29, 1.82) is 0 Å². The maximum absolute atomic E-state index is 10.8. The van der Waals surface area contributed by atoms with Gasteiger partial charge in [0.25, 0.3) is 0 Å². The molecule has 0 bridgehead atoms. The molecule has 0 aliphatic rings. The lowest BCUT2D eigenvalue weighted by Crippen LogP contribution is -2.40. The van der Waals surface area contributed by atoms with E-state index in [0.29, 0.717) is 0 Å². The Kier molecular flexibility index (Phi) is 3.27. The van der Waals surface area contributed by atoms with E-state index in [1.165, 1.54) is 0 Å². The van der Waals surface area contributed by atoms with E-state index in [0.717, 1.165) is 6.26 Å². The summed E-state index contributed by atoms with van der Waals surface area (Å²) in [6.07, 6.45) is 1.07. The summed E-state index contributed by atoms with van der Waals surface area (Å²) in [7, 11) is -3.19. The summed E-state index contributed by atoms with van der Waals surface area (Å²) < 4.78 is 21.5. The highest BCUT2D eigenvalue weighted by molar-refractivity contribution is 7.91. The topological polar surface area (TPSA) is 80.4 Å². The molecule has 0 aliphatic heterocycles. The number of aliphatic hydroxyl groups excluding tert-OH is 1. The summed E-state index contributed by atoms with van der Waals surface area (Å²) in [6, 6.07) is -0.514. The van der Waals surface area contributed by atoms with Gasteiger partial charge in [0.15, 0.2) is 9.84 Å². The van der Waals surface area contributed by atoms with E-state index >= 15 is 0 Å². The Morgan fingerprint density at radius 2 is 2.00 bits per heavy atom. The second kappa shape index (κ2) is 3.32. The molecular formula is C5H13NO3S. The van der Waals surface area contributed by atoms with Crippen molar-refractivity contribution in [3.8, 4) is 0 Å². The minimum Gasteiger partial charge on any atom is -0.395 e. The van der Waals surface area contributed by atoms with Crippen molar-refractivity contribution in [2.24, 2.45) is 5.73 Å². The van der Waals surface area contributed by atoms with Crippen LogP contribution in [-0.2, 0) is 9.84 Å². The van der Waals surface area contributed by atoms with E-state index < -0.39 is 27.7 Å². The van der Waals surface area contributed by atoms with Gasteiger partial charge >= 0.3 is 0 Å². The first kappa shape index (κ1) is 9.87. The minimum atomic E-state index is -3.19. The largest absolute Gasteiger partial charge is 0.395 e. The maximum atomic E-state index is 10.8. The Labute approximate surface area is 61.0 Å². The molecule has 0 aliphatic carbocycles. The van der Waals surface area contributed by atoms with Crippen molar-refractivity contribution in [3.63, 3.8) is 0 Å². The highest BCUT2D eigenvalue weighted by atomic mass is 32.2. The minimum absolute atomic E-state index is 0.406. The zero-order valence-electron chi connectivity index (χ0n) is 6.11. The van der Waals surface area contributed by atoms with Crippen molar-refractivity contribution in [2.45, 2.75) is 18.2 Å². The maximum Gasteiger partial charge on any atom is 0.154 e. The first-order valence-electron chi connectivity index (χ1n) is 2.95. The molecule has 0 radical (unpaired) electrons. The van der Waals surface area contributed by atoms with E-state index in [4.69, 9.17) is 10.8 Å². The fraction of sp³-hybridized carbons (Fsp3) is 1.00. The van der Waals surface area contributed by atoms with Crippen molar-refractivity contribution in [2.75, 3.05) is 12.9 Å². The second-order valence-electron chi connectivity index (χ2n) is 2.41. The zero-order chi connectivity index (χ0) is 8.36. The predicted octanol–water partition coefficient (Wildman–Crippen LogP) is -1.26. The van der Waals surface area contributed by atoms with Crippen molar-refractivity contribution >= 4 is 9.84 Å². The van der Waals surface area contributed by atoms with Gasteiger partial charge in [0, 0.05) is 12.3 Å². The van der Waals surface area contributed by atoms with Crippen molar-refractivity contribution < 1.29 is 13.5 Å². The van der Waals surface area contributed by atoms with Crippen LogP contribution in [0, 0.1) is 0 Å². The van der Waals surface area contributed by atoms with E-state index in [9.17, 15) is 8.42 Å². The average Bonchev–Trinajstić information content (AvgIpc) is 1.60. The molecule has 3 N–H and O–H groups in total. The van der Waals surface area contributed by atoms with Crippen LogP contribution in [0.15, 0.2) is 0 Å². The van der Waals surface area contributed by atoms with E-state index in [1.54, 1.807) is 6.92 Å². The van der Waals surface area contributed by atoms with Crippen LogP contribution in [0.25, 0.3) is 0 Å². The number of aliphatic hydroxyl groups is 1. The zero-order valence-corrected chi connectivity index (χ0v) is 6.93. The second-order valence-corrected chi connectivity index (χ2v) is 4.67. The third-order valence-corrected chi connectivity index (χ3v) is 2.99. The fourth-order valence-corrected chi connectivity index (χ4v) is 1.74. The van der Waals surface area contributed by atoms with Gasteiger partial charge in [-0.3, -0.25) is 0 Å². The number of nitrogens with two attached hydrogens (primary N) is 1. The molecule has 10 heavy (non-hydrogen) atoms. The smallest absolute Gasteiger partial charge is 0.154 e. The van der Waals surface area contributed by atoms with Gasteiger partial charge in [-0.15, -0.1) is 0 Å². The van der Waals surface area contributed by atoms with Gasteiger partial charge in [0.2, 0.25) is 0 Å². The summed E-state index contributed by atoms with van der Waals surface area (Å²) in [5, 5.41) is 7.75. The molecular weight excluding hydrogens is 154 g/mol. The van der Waals surface area contributed by atoms with Gasteiger partial charge in [0.05, 0.1) is 11.9 Å². The highest BCUT2D eigenvalue weighted by Gasteiger charge is 2.23. The van der Waals surface area contributed by atoms with Crippen molar-refractivity contribution in [1.82, 2.24) is 0 Å². The lowest BCUT2D eigenvalue weighted by atomic mass is 10.3. The summed E-state index contributed by atoms with van der Waals surface area (Å²) in [5.74, 6) is 0. The van der Waals surface area contributed by atoms with Crippen LogP contribution in [0.5, 0.6) is 0 Å². The van der Waals surface area contributed by atoms with Gasteiger partial charge in [-0.2, -0.15) is 0 Å². The van der Waals surface area contributed by atoms with Crippen LogP contribution in [0.2, 0.25) is 0 Å². The normalized spacial score (nSPS) is 18.4. The molecule has 0 aromatic rings. The van der Waals surface area contributed by atoms with E-state index in [-0.39, 0.29) is 0 Å². The lowest BCUT2D eigenvalue weighted by molar-refractivity contribution is 0.280. The van der Waals surface area contributed by atoms with E-state index in [2.05, 4.69) is 0 Å². The van der Waals surface area contributed by atoms with Gasteiger partial charge in [-0.05, 0) is 6.92 Å². The quantitative estimate of drug-likeness (QED) is 0.549. The lowest BCUT2D eigenvalue weighted by Gasteiger charge is -2.14. The Morgan fingerprint density at radius 1 is 1.60 bits per heavy atom. The monoisotopic (exact) mass is 167 g/mol. The average molecular weight is 167 g/mol. The summed E-state index contributed by atoms with van der Waals surface area (Å²) in [4.78, 5) is 0. The van der Waals surface area contributed by atoms with Gasteiger partial charge in [0.1, 0.15) is 0 Å². The first-order chi connectivity index (χ1) is 4.39. The van der Waals surface area contributed by atoms with Gasteiger partial charge in [-0.1, -0.05) is 0 Å². The predicted molar refractivity (Wildman–Crippen MR) is 39.4 cm³/mol. The summed E-state index contributed by atoms with van der Waals surface area (Å²) >= 11 is 0. The SMILES string of the molecule is C[C@@H](N)[C@@H](CO)S(C)(=O)=O. The van der Waals surface area contributed by atoms with Crippen LogP contribution in [0.3, 0.4) is 0 Å². The standard InChI is InChI=1S/C5H13NO3S/c1-4(6)5(3-7)10(2,8)9/h4-5,7H,3,6H2,1-2H3/t4-,5-/m1/s1. The summed E-state index contributed by atoms with van der Waals surface area (Å²) in [6.45, 7) is 1.15. The summed E-state index contributed by atoms with van der Waals surface area (Å²) in [5.41, 5.74) is 5.29. The molecule has 4 nitrogen and oxygen atoms in total. The molecule has 0 unspecified atom stereocenters. The molecule has 0 amide bonds. The molecule has 0 saturated heterocycles. The number of hydrogen-bond acceptors (Lipinski definition) is 4. The van der Waals surface area contributed by atoms with Crippen LogP contribution < -0.4 is 5.73 Å². The molecule has 0 fully saturated rings. The number of hydrogen-bond donors (Lipinski definition) is 2. The van der Waals surface area contributed by atoms with Gasteiger partial charge in [-0.25, -0.2) is 8.42 Å². The third-order valence-electron chi connectivity index (χ3n) is 1.32. The molecule has 0 aromatic heterocycles. The molecule has 0 rings (SSSR count). The highest BCUT2D eigenvalue weighted by Crippen LogP contribution is 2.01. The number of rotatable bonds is 3. The van der Waals surface area contributed by atoms with Crippen LogP contribution in [-0.4, -0.2) is 37.7 Å². The third kappa shape index (κ3) is 2.64. The van der Waals surface area contributed by atoms with Crippen molar-refractivity contribution in [3.05, 3.63) is 0 Å². The first-order valence-corrected chi connectivity index (χ1v) is 4.90. The van der Waals surface area contributed by atoms with Crippen LogP contribution in [0.4, 0.5) is 0 Å². The fourth-order valence-electron chi connectivity index (χ4n) is 0.692. The Hall–Kier alpha value is -0.130. The molecule has 0 heterocycles. The molecule has 62 valence electrons. The van der Waals surface area contributed by atoms with Gasteiger partial charge < -0.3 is 10.8 Å². The molecule has 0 spiro atoms. The molecule has 5 heteroatoms. The molecule has 0 aromatic carbocycles.